The lowest BCUT2D eigenvalue weighted by molar-refractivity contribution is 0.0934. The highest BCUT2D eigenvalue weighted by molar-refractivity contribution is 5.97. The molecule has 0 saturated heterocycles. The van der Waals surface area contributed by atoms with E-state index in [0.717, 1.165) is 25.0 Å². The Balaban J connectivity index is 2.69. The molecule has 0 fully saturated rings. The molecule has 5 heteroatoms. The number of hydrogen-bond acceptors (Lipinski definition) is 3. The molecule has 0 saturated carbocycles. The molecule has 0 aliphatic carbocycles. The quantitative estimate of drug-likeness (QED) is 0.708. The maximum absolute atomic E-state index is 11.8. The van der Waals surface area contributed by atoms with Gasteiger partial charge >= 0.3 is 0 Å². The van der Waals surface area contributed by atoms with Crippen molar-refractivity contribution >= 4 is 11.6 Å². The Bertz CT molecular complexity index is 359. The number of H-pyrrole nitrogens is 1. The molecule has 0 aliphatic heterocycles. The summed E-state index contributed by atoms with van der Waals surface area (Å²) in [6, 6.07) is 0.152. The fraction of sp³-hybridized carbons (Fsp3) is 0.636. The van der Waals surface area contributed by atoms with Crippen LogP contribution in [0.5, 0.6) is 0 Å². The van der Waals surface area contributed by atoms with Crippen molar-refractivity contribution < 1.29 is 4.79 Å². The number of amides is 1. The third kappa shape index (κ3) is 2.74. The Hall–Kier alpha value is -1.52. The largest absolute Gasteiger partial charge is 0.395 e. The molecule has 1 aromatic heterocycles. The molecule has 1 aromatic rings. The van der Waals surface area contributed by atoms with E-state index >= 15 is 0 Å². The van der Waals surface area contributed by atoms with Crippen LogP contribution in [0, 0.1) is 0 Å². The molecule has 1 heterocycles. The number of carbonyl (C=O) groups is 1. The molecule has 16 heavy (non-hydrogen) atoms. The fourth-order valence-corrected chi connectivity index (χ4v) is 1.63. The van der Waals surface area contributed by atoms with Crippen LogP contribution < -0.4 is 11.1 Å². The minimum absolute atomic E-state index is 0.152. The predicted octanol–water partition coefficient (Wildman–Crippen LogP) is 1.47. The van der Waals surface area contributed by atoms with Crippen LogP contribution in [-0.2, 0) is 6.42 Å². The van der Waals surface area contributed by atoms with E-state index in [1.165, 1.54) is 0 Å². The van der Waals surface area contributed by atoms with Crippen molar-refractivity contribution in [2.24, 2.45) is 0 Å². The van der Waals surface area contributed by atoms with Gasteiger partial charge in [0.1, 0.15) is 0 Å². The number of nitrogen functional groups attached to an aromatic ring is 1. The maximum atomic E-state index is 11.8. The number of aromatic amines is 1. The first-order valence-corrected chi connectivity index (χ1v) is 5.73. The van der Waals surface area contributed by atoms with Crippen molar-refractivity contribution in [2.75, 3.05) is 5.73 Å². The maximum Gasteiger partial charge on any atom is 0.274 e. The van der Waals surface area contributed by atoms with E-state index in [-0.39, 0.29) is 11.9 Å². The molecule has 0 radical (unpaired) electrons. The lowest BCUT2D eigenvalue weighted by Gasteiger charge is -2.11. The molecular weight excluding hydrogens is 204 g/mol. The first kappa shape index (κ1) is 12.5. The van der Waals surface area contributed by atoms with Crippen LogP contribution in [-0.4, -0.2) is 22.1 Å². The summed E-state index contributed by atoms with van der Waals surface area (Å²) in [5.41, 5.74) is 7.39. The van der Waals surface area contributed by atoms with Crippen LogP contribution in [0.25, 0.3) is 0 Å². The van der Waals surface area contributed by atoms with E-state index in [2.05, 4.69) is 22.4 Å². The highest BCUT2D eigenvalue weighted by Gasteiger charge is 2.17. The minimum atomic E-state index is -0.200. The van der Waals surface area contributed by atoms with Gasteiger partial charge in [-0.1, -0.05) is 20.3 Å². The fourth-order valence-electron chi connectivity index (χ4n) is 1.63. The molecule has 0 spiro atoms. The third-order valence-corrected chi connectivity index (χ3v) is 2.55. The summed E-state index contributed by atoms with van der Waals surface area (Å²) in [6.07, 6.45) is 2.74. The van der Waals surface area contributed by atoms with E-state index < -0.39 is 0 Å². The van der Waals surface area contributed by atoms with Crippen LogP contribution in [0.2, 0.25) is 0 Å². The van der Waals surface area contributed by atoms with Gasteiger partial charge in [-0.15, -0.1) is 0 Å². The van der Waals surface area contributed by atoms with Crippen molar-refractivity contribution in [3.8, 4) is 0 Å². The predicted molar refractivity (Wildman–Crippen MR) is 64.2 cm³/mol. The Kier molecular flexibility index (Phi) is 4.34. The Morgan fingerprint density at radius 3 is 2.75 bits per heavy atom. The zero-order chi connectivity index (χ0) is 12.1. The van der Waals surface area contributed by atoms with Crippen molar-refractivity contribution in [1.29, 1.82) is 0 Å². The van der Waals surface area contributed by atoms with Gasteiger partial charge in [0.15, 0.2) is 5.69 Å². The van der Waals surface area contributed by atoms with Gasteiger partial charge in [0.05, 0.1) is 11.4 Å². The van der Waals surface area contributed by atoms with Crippen LogP contribution >= 0.6 is 0 Å². The summed E-state index contributed by atoms with van der Waals surface area (Å²) in [5, 5.41) is 9.59. The second-order valence-corrected chi connectivity index (χ2v) is 3.98. The Morgan fingerprint density at radius 2 is 2.25 bits per heavy atom. The average Bonchev–Trinajstić information content (AvgIpc) is 2.59. The minimum Gasteiger partial charge on any atom is -0.395 e. The monoisotopic (exact) mass is 224 g/mol. The van der Waals surface area contributed by atoms with Gasteiger partial charge in [0, 0.05) is 6.04 Å². The summed E-state index contributed by atoms with van der Waals surface area (Å²) >= 11 is 0. The molecule has 4 N–H and O–H groups in total. The lowest BCUT2D eigenvalue weighted by Crippen LogP contribution is -2.33. The molecule has 1 atom stereocenters. The summed E-state index contributed by atoms with van der Waals surface area (Å²) in [5.74, 6) is -0.200. The lowest BCUT2D eigenvalue weighted by atomic mass is 10.2. The number of anilines is 1. The van der Waals surface area contributed by atoms with E-state index in [1.54, 1.807) is 0 Å². The molecule has 1 unspecified atom stereocenters. The highest BCUT2D eigenvalue weighted by Crippen LogP contribution is 2.14. The number of rotatable bonds is 5. The van der Waals surface area contributed by atoms with Gasteiger partial charge in [-0.25, -0.2) is 0 Å². The van der Waals surface area contributed by atoms with Gasteiger partial charge in [-0.3, -0.25) is 9.89 Å². The number of aromatic nitrogens is 2. The number of nitrogens with zero attached hydrogens (tertiary/aromatic N) is 1. The second kappa shape index (κ2) is 5.53. The van der Waals surface area contributed by atoms with Crippen molar-refractivity contribution in [3.63, 3.8) is 0 Å². The number of nitrogens with one attached hydrogen (secondary N) is 2. The summed E-state index contributed by atoms with van der Waals surface area (Å²) in [4.78, 5) is 11.8. The highest BCUT2D eigenvalue weighted by atomic mass is 16.2. The molecule has 1 amide bonds. The summed E-state index contributed by atoms with van der Waals surface area (Å²) in [6.45, 7) is 6.02. The van der Waals surface area contributed by atoms with E-state index in [0.29, 0.717) is 11.4 Å². The topological polar surface area (TPSA) is 83.8 Å². The zero-order valence-corrected chi connectivity index (χ0v) is 10.1. The van der Waals surface area contributed by atoms with Crippen LogP contribution in [0.3, 0.4) is 0 Å². The molecule has 0 aliphatic rings. The van der Waals surface area contributed by atoms with E-state index in [1.807, 2.05) is 13.8 Å². The molecular formula is C11H20N4O. The van der Waals surface area contributed by atoms with Crippen molar-refractivity contribution in [3.05, 3.63) is 11.4 Å². The number of aryl methyl sites for hydroxylation is 1. The van der Waals surface area contributed by atoms with Crippen LogP contribution in [0.15, 0.2) is 0 Å². The first-order valence-electron chi connectivity index (χ1n) is 5.73. The SMILES string of the molecule is CCCC(C)NC(=O)c1n[nH]c(CC)c1N. The average molecular weight is 224 g/mol. The van der Waals surface area contributed by atoms with E-state index in [9.17, 15) is 4.79 Å². The summed E-state index contributed by atoms with van der Waals surface area (Å²) in [7, 11) is 0. The molecule has 0 aromatic carbocycles. The molecule has 1 rings (SSSR count). The Labute approximate surface area is 95.8 Å². The normalized spacial score (nSPS) is 12.4. The number of carbonyl (C=O) groups excluding carboxylic acids is 1. The molecule has 90 valence electrons. The standard InChI is InChI=1S/C11H20N4O/c1-4-6-7(3)13-11(16)10-9(12)8(5-2)14-15-10/h7H,4-6,12H2,1-3H3,(H,13,16)(H,14,15). The van der Waals surface area contributed by atoms with E-state index in [4.69, 9.17) is 5.73 Å². The van der Waals surface area contributed by atoms with Gasteiger partial charge in [0.2, 0.25) is 0 Å². The van der Waals surface area contributed by atoms with Gasteiger partial charge < -0.3 is 11.1 Å². The van der Waals surface area contributed by atoms with Crippen molar-refractivity contribution in [2.45, 2.75) is 46.1 Å². The molecule has 5 nitrogen and oxygen atoms in total. The zero-order valence-electron chi connectivity index (χ0n) is 10.1. The first-order chi connectivity index (χ1) is 7.60. The second-order valence-electron chi connectivity index (χ2n) is 3.98. The van der Waals surface area contributed by atoms with Crippen LogP contribution in [0.4, 0.5) is 5.69 Å². The van der Waals surface area contributed by atoms with Gasteiger partial charge in [-0.05, 0) is 19.8 Å². The summed E-state index contributed by atoms with van der Waals surface area (Å²) < 4.78 is 0. The Morgan fingerprint density at radius 1 is 1.56 bits per heavy atom. The van der Waals surface area contributed by atoms with Crippen LogP contribution in [0.1, 0.15) is 49.8 Å². The number of nitrogens with two attached hydrogens (primary N) is 1. The van der Waals surface area contributed by atoms with Gasteiger partial charge in [0.25, 0.3) is 5.91 Å². The van der Waals surface area contributed by atoms with Gasteiger partial charge in [-0.2, -0.15) is 5.10 Å². The third-order valence-electron chi connectivity index (χ3n) is 2.55. The van der Waals surface area contributed by atoms with Crippen molar-refractivity contribution in [1.82, 2.24) is 15.5 Å². The smallest absolute Gasteiger partial charge is 0.274 e. The molecule has 0 bridgehead atoms. The number of hydrogen-bond donors (Lipinski definition) is 3.